The Bertz CT molecular complexity index is 1370. The molecule has 0 bridgehead atoms. The minimum Gasteiger partial charge on any atom is -0.496 e. The minimum atomic E-state index is -0.112. The number of carbonyl (C=O) groups is 1. The summed E-state index contributed by atoms with van der Waals surface area (Å²) in [5, 5.41) is 0. The van der Waals surface area contributed by atoms with E-state index in [1.807, 2.05) is 60.7 Å². The third-order valence-electron chi connectivity index (χ3n) is 5.91. The van der Waals surface area contributed by atoms with Crippen molar-refractivity contribution in [3.63, 3.8) is 0 Å². The Hall–Kier alpha value is -4.51. The van der Waals surface area contributed by atoms with Crippen LogP contribution in [0.15, 0.2) is 97.1 Å². The van der Waals surface area contributed by atoms with E-state index >= 15 is 0 Å². The van der Waals surface area contributed by atoms with Gasteiger partial charge >= 0.3 is 0 Å². The van der Waals surface area contributed by atoms with E-state index in [9.17, 15) is 4.79 Å². The van der Waals surface area contributed by atoms with Crippen LogP contribution in [0.5, 0.6) is 23.0 Å². The zero-order valence-corrected chi connectivity index (χ0v) is 20.0. The topological polar surface area (TPSA) is 54.0 Å². The number of allylic oxidation sites excluding steroid dienone is 1. The lowest BCUT2D eigenvalue weighted by Crippen LogP contribution is -2.15. The third kappa shape index (κ3) is 5.41. The van der Waals surface area contributed by atoms with Gasteiger partial charge in [-0.15, -0.1) is 0 Å². The summed E-state index contributed by atoms with van der Waals surface area (Å²) < 4.78 is 22.7. The molecule has 5 rings (SSSR count). The normalized spacial score (nSPS) is 12.4. The average Bonchev–Trinajstić information content (AvgIpc) is 2.95. The van der Waals surface area contributed by atoms with E-state index in [1.165, 1.54) is 0 Å². The Morgan fingerprint density at radius 1 is 0.833 bits per heavy atom. The molecule has 0 saturated carbocycles. The fourth-order valence-electron chi connectivity index (χ4n) is 4.02. The largest absolute Gasteiger partial charge is 0.496 e. The molecule has 1 heterocycles. The van der Waals surface area contributed by atoms with Crippen LogP contribution in [-0.4, -0.2) is 26.1 Å². The average molecular weight is 479 g/mol. The first-order chi connectivity index (χ1) is 17.7. The van der Waals surface area contributed by atoms with Gasteiger partial charge in [-0.2, -0.15) is 0 Å². The molecule has 5 nitrogen and oxygen atoms in total. The standard InChI is InChI=1S/C31H26O5/c1-33-29-15-8-22(7-14-28(32)25-11-16-30-31(20-25)35-18-17-34-30)19-26(29)21-36-27-12-9-24(10-13-27)23-5-3-2-4-6-23/h2-16,19-20H,17-18,21H2,1H3/b14-7+. The molecule has 0 radical (unpaired) electrons. The highest BCUT2D eigenvalue weighted by Crippen LogP contribution is 2.31. The molecule has 1 aliphatic heterocycles. The summed E-state index contributed by atoms with van der Waals surface area (Å²) in [4.78, 5) is 12.7. The summed E-state index contributed by atoms with van der Waals surface area (Å²) in [7, 11) is 1.63. The van der Waals surface area contributed by atoms with E-state index < -0.39 is 0 Å². The Kier molecular flexibility index (Phi) is 6.99. The summed E-state index contributed by atoms with van der Waals surface area (Å²) in [5.74, 6) is 2.65. The van der Waals surface area contributed by atoms with Gasteiger partial charge in [-0.1, -0.05) is 54.6 Å². The number of hydrogen-bond acceptors (Lipinski definition) is 5. The van der Waals surface area contributed by atoms with Crippen LogP contribution in [0.1, 0.15) is 21.5 Å². The number of ether oxygens (including phenoxy) is 4. The van der Waals surface area contributed by atoms with Crippen LogP contribution in [0.2, 0.25) is 0 Å². The Labute approximate surface area is 210 Å². The first kappa shape index (κ1) is 23.2. The molecule has 5 heteroatoms. The van der Waals surface area contributed by atoms with Gasteiger partial charge in [0.2, 0.25) is 0 Å². The van der Waals surface area contributed by atoms with Crippen molar-refractivity contribution in [2.75, 3.05) is 20.3 Å². The SMILES string of the molecule is COc1ccc(/C=C/C(=O)c2ccc3c(c2)OCCO3)cc1COc1ccc(-c2ccccc2)cc1. The van der Waals surface area contributed by atoms with Crippen molar-refractivity contribution in [2.45, 2.75) is 6.61 Å². The van der Waals surface area contributed by atoms with Crippen LogP contribution in [0, 0.1) is 0 Å². The van der Waals surface area contributed by atoms with Crippen LogP contribution in [-0.2, 0) is 6.61 Å². The molecular formula is C31H26O5. The molecule has 0 N–H and O–H groups in total. The summed E-state index contributed by atoms with van der Waals surface area (Å²) in [6.45, 7) is 1.34. The molecule has 36 heavy (non-hydrogen) atoms. The maximum Gasteiger partial charge on any atom is 0.185 e. The van der Waals surface area contributed by atoms with Gasteiger partial charge in [0.1, 0.15) is 31.3 Å². The molecule has 0 spiro atoms. The summed E-state index contributed by atoms with van der Waals surface area (Å²) in [6.07, 6.45) is 3.34. The van der Waals surface area contributed by atoms with Crippen molar-refractivity contribution in [2.24, 2.45) is 0 Å². The van der Waals surface area contributed by atoms with Crippen LogP contribution in [0.25, 0.3) is 17.2 Å². The molecule has 0 unspecified atom stereocenters. The number of ketones is 1. The van der Waals surface area contributed by atoms with Crippen molar-refractivity contribution in [1.82, 2.24) is 0 Å². The minimum absolute atomic E-state index is 0.112. The van der Waals surface area contributed by atoms with Crippen LogP contribution in [0.3, 0.4) is 0 Å². The van der Waals surface area contributed by atoms with Gasteiger partial charge in [0.05, 0.1) is 7.11 Å². The fourth-order valence-corrected chi connectivity index (χ4v) is 4.02. The van der Waals surface area contributed by atoms with Gasteiger partial charge in [0.15, 0.2) is 17.3 Å². The second-order valence-corrected chi connectivity index (χ2v) is 8.31. The molecule has 4 aromatic carbocycles. The second-order valence-electron chi connectivity index (χ2n) is 8.31. The molecule has 0 fully saturated rings. The van der Waals surface area contributed by atoms with Crippen molar-refractivity contribution in [3.8, 4) is 34.1 Å². The molecular weight excluding hydrogens is 452 g/mol. The number of benzene rings is 4. The lowest BCUT2D eigenvalue weighted by atomic mass is 10.1. The number of methoxy groups -OCH3 is 1. The maximum atomic E-state index is 12.7. The molecule has 0 saturated heterocycles. The van der Waals surface area contributed by atoms with Crippen molar-refractivity contribution >= 4 is 11.9 Å². The van der Waals surface area contributed by atoms with Gasteiger partial charge in [-0.05, 0) is 65.2 Å². The summed E-state index contributed by atoms with van der Waals surface area (Å²) in [5.41, 5.74) is 4.61. The second kappa shape index (κ2) is 10.8. The lowest BCUT2D eigenvalue weighted by Gasteiger charge is -2.18. The van der Waals surface area contributed by atoms with Crippen LogP contribution < -0.4 is 18.9 Å². The first-order valence-electron chi connectivity index (χ1n) is 11.8. The molecule has 0 aromatic heterocycles. The molecule has 0 amide bonds. The summed E-state index contributed by atoms with van der Waals surface area (Å²) in [6, 6.07) is 29.2. The smallest absolute Gasteiger partial charge is 0.185 e. The maximum absolute atomic E-state index is 12.7. The number of hydrogen-bond donors (Lipinski definition) is 0. The van der Waals surface area contributed by atoms with Gasteiger partial charge in [-0.3, -0.25) is 4.79 Å². The summed E-state index contributed by atoms with van der Waals surface area (Å²) >= 11 is 0. The number of fused-ring (bicyclic) bond motifs is 1. The van der Waals surface area contributed by atoms with E-state index in [4.69, 9.17) is 18.9 Å². The number of carbonyl (C=O) groups excluding carboxylic acids is 1. The monoisotopic (exact) mass is 478 g/mol. The van der Waals surface area contributed by atoms with Gasteiger partial charge in [-0.25, -0.2) is 0 Å². The molecule has 4 aromatic rings. The van der Waals surface area contributed by atoms with Crippen molar-refractivity contribution in [3.05, 3.63) is 114 Å². The quantitative estimate of drug-likeness (QED) is 0.211. The zero-order valence-electron chi connectivity index (χ0n) is 20.0. The molecule has 0 atom stereocenters. The van der Waals surface area contributed by atoms with Gasteiger partial charge in [0.25, 0.3) is 0 Å². The predicted octanol–water partition coefficient (Wildman–Crippen LogP) is 6.61. The fraction of sp³-hybridized carbons (Fsp3) is 0.129. The van der Waals surface area contributed by atoms with E-state index in [1.54, 1.807) is 37.5 Å². The van der Waals surface area contributed by atoms with Crippen LogP contribution >= 0.6 is 0 Å². The Morgan fingerprint density at radius 2 is 1.58 bits per heavy atom. The zero-order chi connectivity index (χ0) is 24.7. The Morgan fingerprint density at radius 3 is 2.36 bits per heavy atom. The molecule has 180 valence electrons. The van der Waals surface area contributed by atoms with E-state index in [-0.39, 0.29) is 5.78 Å². The van der Waals surface area contributed by atoms with E-state index in [0.717, 1.165) is 33.8 Å². The van der Waals surface area contributed by atoms with Crippen molar-refractivity contribution < 1.29 is 23.7 Å². The Balaban J connectivity index is 1.26. The highest BCUT2D eigenvalue weighted by Gasteiger charge is 2.14. The van der Waals surface area contributed by atoms with Gasteiger partial charge < -0.3 is 18.9 Å². The molecule has 0 aliphatic carbocycles. The lowest BCUT2D eigenvalue weighted by molar-refractivity contribution is 0.104. The highest BCUT2D eigenvalue weighted by molar-refractivity contribution is 6.07. The van der Waals surface area contributed by atoms with Gasteiger partial charge in [0, 0.05) is 11.1 Å². The van der Waals surface area contributed by atoms with Crippen LogP contribution in [0.4, 0.5) is 0 Å². The van der Waals surface area contributed by atoms with Crippen molar-refractivity contribution in [1.29, 1.82) is 0 Å². The van der Waals surface area contributed by atoms with E-state index in [2.05, 4.69) is 12.1 Å². The highest BCUT2D eigenvalue weighted by atomic mass is 16.6. The van der Waals surface area contributed by atoms with E-state index in [0.29, 0.717) is 36.9 Å². The first-order valence-corrected chi connectivity index (χ1v) is 11.8. The third-order valence-corrected chi connectivity index (χ3v) is 5.91. The molecule has 1 aliphatic rings. The predicted molar refractivity (Wildman–Crippen MR) is 140 cm³/mol. The number of rotatable bonds is 8.